The molecule has 1 amide bonds. The Kier molecular flexibility index (Phi) is 4.64. The number of halogens is 1. The summed E-state index contributed by atoms with van der Waals surface area (Å²) < 4.78 is 41.9. The zero-order valence-corrected chi connectivity index (χ0v) is 16.1. The zero-order valence-electron chi connectivity index (χ0n) is 15.2. The number of carbonyl (C=O) groups is 1. The van der Waals surface area contributed by atoms with Crippen LogP contribution in [-0.4, -0.2) is 59.1 Å². The Bertz CT molecular complexity index is 1150. The van der Waals surface area contributed by atoms with E-state index in [9.17, 15) is 17.6 Å². The number of rotatable bonds is 3. The highest BCUT2D eigenvalue weighted by atomic mass is 32.2. The lowest BCUT2D eigenvalue weighted by Gasteiger charge is -2.33. The number of hydrogen-bond acceptors (Lipinski definition) is 4. The number of hydrogen-bond donors (Lipinski definition) is 0. The molecule has 0 spiro atoms. The van der Waals surface area contributed by atoms with Gasteiger partial charge in [-0.1, -0.05) is 12.1 Å². The van der Waals surface area contributed by atoms with E-state index in [-0.39, 0.29) is 37.0 Å². The highest BCUT2D eigenvalue weighted by molar-refractivity contribution is 7.89. The topological polar surface area (TPSA) is 75.0 Å². The Morgan fingerprint density at radius 1 is 1.07 bits per heavy atom. The summed E-state index contributed by atoms with van der Waals surface area (Å²) in [7, 11) is -3.79. The first-order chi connectivity index (χ1) is 13.4. The van der Waals surface area contributed by atoms with Gasteiger partial charge < -0.3 is 9.30 Å². The average Bonchev–Trinajstić information content (AvgIpc) is 3.13. The van der Waals surface area contributed by atoms with Crippen molar-refractivity contribution < 1.29 is 17.6 Å². The fourth-order valence-corrected chi connectivity index (χ4v) is 4.78. The van der Waals surface area contributed by atoms with E-state index in [1.165, 1.54) is 22.5 Å². The highest BCUT2D eigenvalue weighted by Gasteiger charge is 2.31. The van der Waals surface area contributed by atoms with Gasteiger partial charge in [0.05, 0.1) is 4.90 Å². The molecule has 0 bridgehead atoms. The highest BCUT2D eigenvalue weighted by Crippen LogP contribution is 2.19. The van der Waals surface area contributed by atoms with Crippen LogP contribution < -0.4 is 0 Å². The van der Waals surface area contributed by atoms with Gasteiger partial charge in [-0.2, -0.15) is 4.31 Å². The van der Waals surface area contributed by atoms with Crippen molar-refractivity contribution in [2.45, 2.75) is 11.8 Å². The minimum atomic E-state index is -3.79. The number of nitrogens with zero attached hydrogens (tertiary/aromatic N) is 4. The van der Waals surface area contributed by atoms with E-state index >= 15 is 0 Å². The van der Waals surface area contributed by atoms with Crippen molar-refractivity contribution in [1.82, 2.24) is 18.6 Å². The zero-order chi connectivity index (χ0) is 19.9. The van der Waals surface area contributed by atoms with Gasteiger partial charge in [0.1, 0.15) is 17.2 Å². The molecule has 4 rings (SSSR count). The first kappa shape index (κ1) is 18.6. The van der Waals surface area contributed by atoms with Crippen molar-refractivity contribution in [2.24, 2.45) is 0 Å². The van der Waals surface area contributed by atoms with Gasteiger partial charge >= 0.3 is 0 Å². The summed E-state index contributed by atoms with van der Waals surface area (Å²) in [4.78, 5) is 18.7. The van der Waals surface area contributed by atoms with Crippen LogP contribution in [0.4, 0.5) is 4.39 Å². The van der Waals surface area contributed by atoms with E-state index in [0.717, 1.165) is 11.8 Å². The Balaban J connectivity index is 1.49. The van der Waals surface area contributed by atoms with Crippen molar-refractivity contribution in [2.75, 3.05) is 26.2 Å². The van der Waals surface area contributed by atoms with Gasteiger partial charge in [-0.3, -0.25) is 4.79 Å². The predicted molar refractivity (Wildman–Crippen MR) is 101 cm³/mol. The van der Waals surface area contributed by atoms with E-state index < -0.39 is 15.8 Å². The fraction of sp³-hybridized carbons (Fsp3) is 0.263. The van der Waals surface area contributed by atoms with Crippen LogP contribution in [0.5, 0.6) is 0 Å². The van der Waals surface area contributed by atoms with E-state index in [2.05, 4.69) is 4.98 Å². The number of sulfonamides is 1. The van der Waals surface area contributed by atoms with E-state index in [0.29, 0.717) is 11.3 Å². The van der Waals surface area contributed by atoms with Crippen LogP contribution in [-0.2, 0) is 10.0 Å². The molecular formula is C19H19FN4O3S. The minimum Gasteiger partial charge on any atom is -0.335 e. The summed E-state index contributed by atoms with van der Waals surface area (Å²) in [5.74, 6) is -0.831. The van der Waals surface area contributed by atoms with E-state index in [1.54, 1.807) is 11.1 Å². The molecule has 3 heterocycles. The Labute approximate surface area is 162 Å². The lowest BCUT2D eigenvalue weighted by molar-refractivity contribution is 0.0692. The van der Waals surface area contributed by atoms with Crippen LogP contribution in [0.15, 0.2) is 53.6 Å². The quantitative estimate of drug-likeness (QED) is 0.671. The number of aromatic nitrogens is 2. The summed E-state index contributed by atoms with van der Waals surface area (Å²) in [5, 5.41) is 0. The Morgan fingerprint density at radius 3 is 2.46 bits per heavy atom. The van der Waals surface area contributed by atoms with Gasteiger partial charge in [-0.05, 0) is 37.3 Å². The molecule has 0 unspecified atom stereocenters. The summed E-state index contributed by atoms with van der Waals surface area (Å²) >= 11 is 0. The maximum Gasteiger partial charge on any atom is 0.274 e. The molecule has 0 aliphatic carbocycles. The molecule has 0 saturated carbocycles. The number of imidazole rings is 1. The molecule has 1 aromatic carbocycles. The van der Waals surface area contributed by atoms with Crippen molar-refractivity contribution >= 4 is 21.6 Å². The third kappa shape index (κ3) is 3.27. The summed E-state index contributed by atoms with van der Waals surface area (Å²) in [5.41, 5.74) is 1.99. The third-order valence-electron chi connectivity index (χ3n) is 4.87. The van der Waals surface area contributed by atoms with Gasteiger partial charge in [0, 0.05) is 38.1 Å². The molecule has 1 aliphatic heterocycles. The first-order valence-electron chi connectivity index (χ1n) is 8.86. The van der Waals surface area contributed by atoms with Crippen molar-refractivity contribution in [1.29, 1.82) is 0 Å². The second-order valence-corrected chi connectivity index (χ2v) is 8.61. The molecule has 28 heavy (non-hydrogen) atoms. The maximum absolute atomic E-state index is 13.4. The maximum atomic E-state index is 13.4. The van der Waals surface area contributed by atoms with Crippen LogP contribution >= 0.6 is 0 Å². The van der Waals surface area contributed by atoms with Gasteiger partial charge in [0.25, 0.3) is 5.91 Å². The van der Waals surface area contributed by atoms with Gasteiger partial charge in [0.15, 0.2) is 0 Å². The van der Waals surface area contributed by atoms with Crippen molar-refractivity contribution in [3.8, 4) is 0 Å². The van der Waals surface area contributed by atoms with Crippen molar-refractivity contribution in [3.63, 3.8) is 0 Å². The second kappa shape index (κ2) is 6.99. The predicted octanol–water partition coefficient (Wildman–Crippen LogP) is 1.93. The molecule has 1 fully saturated rings. The summed E-state index contributed by atoms with van der Waals surface area (Å²) in [6.07, 6.45) is 1.70. The average molecular weight is 402 g/mol. The third-order valence-corrected chi connectivity index (χ3v) is 6.77. The molecule has 0 N–H and O–H groups in total. The minimum absolute atomic E-state index is 0.0805. The molecule has 9 heteroatoms. The Morgan fingerprint density at radius 2 is 1.79 bits per heavy atom. The molecule has 3 aromatic rings. The van der Waals surface area contributed by atoms with Crippen LogP contribution in [0.2, 0.25) is 0 Å². The number of benzene rings is 1. The first-order valence-corrected chi connectivity index (χ1v) is 10.3. The second-order valence-electron chi connectivity index (χ2n) is 6.68. The van der Waals surface area contributed by atoms with Crippen LogP contribution in [0, 0.1) is 12.7 Å². The van der Waals surface area contributed by atoms with Gasteiger partial charge in [0.2, 0.25) is 10.0 Å². The van der Waals surface area contributed by atoms with Crippen molar-refractivity contribution in [3.05, 3.63) is 65.9 Å². The molecule has 7 nitrogen and oxygen atoms in total. The lowest BCUT2D eigenvalue weighted by atomic mass is 10.3. The number of carbonyl (C=O) groups excluding carboxylic acids is 1. The molecule has 2 aromatic heterocycles. The molecule has 0 radical (unpaired) electrons. The SMILES string of the molecule is Cc1cccc2nc(C(=O)N3CCN(S(=O)(=O)c4cccc(F)c4)CC3)cn12. The van der Waals surface area contributed by atoms with Crippen LogP contribution in [0.3, 0.4) is 0 Å². The molecule has 0 atom stereocenters. The van der Waals surface area contributed by atoms with Gasteiger partial charge in [-0.25, -0.2) is 17.8 Å². The summed E-state index contributed by atoms with van der Waals surface area (Å²) in [6.45, 7) is 2.73. The largest absolute Gasteiger partial charge is 0.335 e. The molecule has 1 aliphatic rings. The Hall–Kier alpha value is -2.78. The number of piperazine rings is 1. The normalized spacial score (nSPS) is 15.9. The molecule has 146 valence electrons. The summed E-state index contributed by atoms with van der Waals surface area (Å²) in [6, 6.07) is 10.6. The van der Waals surface area contributed by atoms with E-state index in [4.69, 9.17) is 0 Å². The monoisotopic (exact) mass is 402 g/mol. The van der Waals surface area contributed by atoms with Crippen LogP contribution in [0.1, 0.15) is 16.2 Å². The fourth-order valence-electron chi connectivity index (χ4n) is 3.32. The van der Waals surface area contributed by atoms with E-state index in [1.807, 2.05) is 29.5 Å². The van der Waals surface area contributed by atoms with Crippen LogP contribution in [0.25, 0.3) is 5.65 Å². The molecular weight excluding hydrogens is 383 g/mol. The van der Waals surface area contributed by atoms with Gasteiger partial charge in [-0.15, -0.1) is 0 Å². The smallest absolute Gasteiger partial charge is 0.274 e. The standard InChI is InChI=1S/C19H19FN4O3S/c1-14-4-2-7-18-21-17(13-24(14)18)19(25)22-8-10-23(11-9-22)28(26,27)16-6-3-5-15(20)12-16/h2-7,12-13H,8-11H2,1H3. The number of aryl methyl sites for hydroxylation is 1. The number of fused-ring (bicyclic) bond motifs is 1. The molecule has 1 saturated heterocycles. The number of amides is 1. The lowest BCUT2D eigenvalue weighted by Crippen LogP contribution is -2.50. The number of pyridine rings is 1.